The molecule has 0 fully saturated rings. The molecule has 0 heterocycles. The number of phenols is 1. The lowest BCUT2D eigenvalue weighted by Crippen LogP contribution is -2.05. The molecule has 0 aliphatic heterocycles. The Balaban J connectivity index is 2.02. The summed E-state index contributed by atoms with van der Waals surface area (Å²) in [5.74, 6) is -0.361. The van der Waals surface area contributed by atoms with E-state index in [-0.39, 0.29) is 16.4 Å². The number of benzene rings is 3. The highest BCUT2D eigenvalue weighted by molar-refractivity contribution is 7.90. The third kappa shape index (κ3) is 3.43. The van der Waals surface area contributed by atoms with Crippen molar-refractivity contribution in [3.05, 3.63) is 84.4 Å². The predicted octanol–water partition coefficient (Wildman–Crippen LogP) is 4.03. The van der Waals surface area contributed by atoms with Crippen LogP contribution in [-0.2, 0) is 15.6 Å². The largest absolute Gasteiger partial charge is 0.507 e. The molecular weight excluding hydrogens is 308 g/mol. The van der Waals surface area contributed by atoms with Crippen molar-refractivity contribution in [2.24, 2.45) is 0 Å². The summed E-state index contributed by atoms with van der Waals surface area (Å²) in [5.41, 5.74) is 2.36. The molecule has 3 nitrogen and oxygen atoms in total. The number of sulfone groups is 1. The molecular formula is C19H16O3S. The average molecular weight is 324 g/mol. The molecule has 3 aromatic rings. The van der Waals surface area contributed by atoms with Crippen molar-refractivity contribution in [1.29, 1.82) is 0 Å². The van der Waals surface area contributed by atoms with E-state index in [1.165, 1.54) is 12.1 Å². The Labute approximate surface area is 135 Å². The summed E-state index contributed by atoms with van der Waals surface area (Å²) < 4.78 is 25.3. The standard InChI is InChI=1S/C19H16O3S/c20-18-12-11-17(16-9-5-2-6-10-16)13-19(18)23(21,22)14-15-7-3-1-4-8-15/h1-13,20H,14H2. The highest BCUT2D eigenvalue weighted by Gasteiger charge is 2.20. The van der Waals surface area contributed by atoms with Crippen LogP contribution in [-0.4, -0.2) is 13.5 Å². The smallest absolute Gasteiger partial charge is 0.186 e. The van der Waals surface area contributed by atoms with Gasteiger partial charge >= 0.3 is 0 Å². The zero-order valence-electron chi connectivity index (χ0n) is 12.4. The van der Waals surface area contributed by atoms with E-state index in [4.69, 9.17) is 0 Å². The van der Waals surface area contributed by atoms with Crippen LogP contribution in [0.4, 0.5) is 0 Å². The van der Waals surface area contributed by atoms with E-state index in [0.29, 0.717) is 5.56 Å². The van der Waals surface area contributed by atoms with Crippen LogP contribution in [0.5, 0.6) is 5.75 Å². The minimum atomic E-state index is -3.62. The van der Waals surface area contributed by atoms with Gasteiger partial charge in [0, 0.05) is 0 Å². The van der Waals surface area contributed by atoms with E-state index in [1.54, 1.807) is 30.3 Å². The topological polar surface area (TPSA) is 54.4 Å². The van der Waals surface area contributed by atoms with Crippen LogP contribution < -0.4 is 0 Å². The summed E-state index contributed by atoms with van der Waals surface area (Å²) >= 11 is 0. The molecule has 0 aromatic heterocycles. The van der Waals surface area contributed by atoms with E-state index in [0.717, 1.165) is 11.1 Å². The molecule has 0 radical (unpaired) electrons. The molecule has 0 unspecified atom stereocenters. The second-order valence-electron chi connectivity index (χ2n) is 5.29. The van der Waals surface area contributed by atoms with Crippen LogP contribution in [0.1, 0.15) is 5.56 Å². The lowest BCUT2D eigenvalue weighted by molar-refractivity contribution is 0.459. The van der Waals surface area contributed by atoms with Crippen LogP contribution in [0.2, 0.25) is 0 Å². The molecule has 23 heavy (non-hydrogen) atoms. The molecule has 116 valence electrons. The van der Waals surface area contributed by atoms with Crippen LogP contribution >= 0.6 is 0 Å². The molecule has 3 rings (SSSR count). The number of phenolic OH excluding ortho intramolecular Hbond substituents is 1. The van der Waals surface area contributed by atoms with Gasteiger partial charge in [-0.25, -0.2) is 8.42 Å². The monoisotopic (exact) mass is 324 g/mol. The van der Waals surface area contributed by atoms with Gasteiger partial charge in [0.1, 0.15) is 10.6 Å². The minimum absolute atomic E-state index is 0.0392. The van der Waals surface area contributed by atoms with E-state index in [2.05, 4.69) is 0 Å². The van der Waals surface area contributed by atoms with E-state index in [9.17, 15) is 13.5 Å². The Morgan fingerprint density at radius 2 is 1.35 bits per heavy atom. The Morgan fingerprint density at radius 3 is 2.00 bits per heavy atom. The number of hydrogen-bond acceptors (Lipinski definition) is 3. The normalized spacial score (nSPS) is 11.3. The maximum Gasteiger partial charge on any atom is 0.186 e. The average Bonchev–Trinajstić information content (AvgIpc) is 2.56. The van der Waals surface area contributed by atoms with Crippen LogP contribution in [0.3, 0.4) is 0 Å². The SMILES string of the molecule is O=S(=O)(Cc1ccccc1)c1cc(-c2ccccc2)ccc1O. The molecule has 0 atom stereocenters. The van der Waals surface area contributed by atoms with Gasteiger partial charge in [0.15, 0.2) is 9.84 Å². The maximum atomic E-state index is 12.6. The van der Waals surface area contributed by atoms with E-state index in [1.807, 2.05) is 36.4 Å². The Hall–Kier alpha value is -2.59. The van der Waals surface area contributed by atoms with Gasteiger partial charge in [0.05, 0.1) is 5.75 Å². The molecule has 0 saturated heterocycles. The number of rotatable bonds is 4. The molecule has 0 aliphatic rings. The van der Waals surface area contributed by atoms with Crippen molar-refractivity contribution in [3.8, 4) is 16.9 Å². The lowest BCUT2D eigenvalue weighted by Gasteiger charge is -2.09. The van der Waals surface area contributed by atoms with Crippen molar-refractivity contribution in [2.75, 3.05) is 0 Å². The molecule has 0 spiro atoms. The second-order valence-corrected chi connectivity index (χ2v) is 7.25. The fraction of sp³-hybridized carbons (Fsp3) is 0.0526. The molecule has 0 amide bonds. The van der Waals surface area contributed by atoms with Gasteiger partial charge in [-0.3, -0.25) is 0 Å². The second kappa shape index (κ2) is 6.26. The first-order valence-corrected chi connectivity index (χ1v) is 8.86. The maximum absolute atomic E-state index is 12.6. The van der Waals surface area contributed by atoms with Crippen LogP contribution in [0.25, 0.3) is 11.1 Å². The first kappa shape index (κ1) is 15.3. The van der Waals surface area contributed by atoms with Gasteiger partial charge in [-0.2, -0.15) is 0 Å². The van der Waals surface area contributed by atoms with Gasteiger partial charge < -0.3 is 5.11 Å². The van der Waals surface area contributed by atoms with Gasteiger partial charge in [0.2, 0.25) is 0 Å². The van der Waals surface area contributed by atoms with Crippen LogP contribution in [0, 0.1) is 0 Å². The summed E-state index contributed by atoms with van der Waals surface area (Å²) in [7, 11) is -3.62. The number of aromatic hydroxyl groups is 1. The Kier molecular flexibility index (Phi) is 4.17. The summed E-state index contributed by atoms with van der Waals surface area (Å²) in [4.78, 5) is -0.0392. The van der Waals surface area contributed by atoms with Gasteiger partial charge in [-0.1, -0.05) is 66.7 Å². The third-order valence-corrected chi connectivity index (χ3v) is 5.31. The van der Waals surface area contributed by atoms with E-state index < -0.39 is 9.84 Å². The first-order valence-electron chi connectivity index (χ1n) is 7.21. The molecule has 1 N–H and O–H groups in total. The zero-order valence-corrected chi connectivity index (χ0v) is 13.2. The summed E-state index contributed by atoms with van der Waals surface area (Å²) in [6, 6.07) is 23.1. The highest BCUT2D eigenvalue weighted by atomic mass is 32.2. The lowest BCUT2D eigenvalue weighted by atomic mass is 10.1. The quantitative estimate of drug-likeness (QED) is 0.788. The van der Waals surface area contributed by atoms with Crippen molar-refractivity contribution in [3.63, 3.8) is 0 Å². The number of hydrogen-bond donors (Lipinski definition) is 1. The summed E-state index contributed by atoms with van der Waals surface area (Å²) in [5, 5.41) is 10.0. The molecule has 0 bridgehead atoms. The highest BCUT2D eigenvalue weighted by Crippen LogP contribution is 2.31. The third-order valence-electron chi connectivity index (χ3n) is 3.60. The fourth-order valence-electron chi connectivity index (χ4n) is 2.44. The Bertz CT molecular complexity index is 902. The van der Waals surface area contributed by atoms with E-state index >= 15 is 0 Å². The zero-order chi connectivity index (χ0) is 16.3. The Morgan fingerprint density at radius 1 is 0.739 bits per heavy atom. The van der Waals surface area contributed by atoms with Crippen molar-refractivity contribution in [1.82, 2.24) is 0 Å². The minimum Gasteiger partial charge on any atom is -0.507 e. The first-order chi connectivity index (χ1) is 11.1. The van der Waals surface area contributed by atoms with Gasteiger partial charge in [0.25, 0.3) is 0 Å². The van der Waals surface area contributed by atoms with Crippen molar-refractivity contribution in [2.45, 2.75) is 10.6 Å². The predicted molar refractivity (Wildman–Crippen MR) is 90.9 cm³/mol. The van der Waals surface area contributed by atoms with Crippen LogP contribution in [0.15, 0.2) is 83.8 Å². The van der Waals surface area contributed by atoms with Crippen molar-refractivity contribution >= 4 is 9.84 Å². The van der Waals surface area contributed by atoms with Gasteiger partial charge in [-0.05, 0) is 28.8 Å². The molecule has 0 aliphatic carbocycles. The summed E-state index contributed by atoms with van der Waals surface area (Å²) in [6.07, 6.45) is 0. The summed E-state index contributed by atoms with van der Waals surface area (Å²) in [6.45, 7) is 0. The van der Waals surface area contributed by atoms with Crippen molar-refractivity contribution < 1.29 is 13.5 Å². The molecule has 0 saturated carbocycles. The molecule has 3 aromatic carbocycles. The molecule has 4 heteroatoms. The fourth-order valence-corrected chi connectivity index (χ4v) is 3.92. The van der Waals surface area contributed by atoms with Gasteiger partial charge in [-0.15, -0.1) is 0 Å².